The topological polar surface area (TPSA) is 99.4 Å². The van der Waals surface area contributed by atoms with Crippen LogP contribution in [0, 0.1) is 0 Å². The molecule has 1 aromatic carbocycles. The highest BCUT2D eigenvalue weighted by Crippen LogP contribution is 2.31. The van der Waals surface area contributed by atoms with Crippen molar-refractivity contribution in [3.8, 4) is 22.9 Å². The second-order valence-electron chi connectivity index (χ2n) is 4.96. The molecule has 0 atom stereocenters. The summed E-state index contributed by atoms with van der Waals surface area (Å²) in [5, 5.41) is 9.08. The van der Waals surface area contributed by atoms with Gasteiger partial charge in [0.2, 0.25) is 17.6 Å². The number of anilines is 1. The third-order valence-electron chi connectivity index (χ3n) is 3.25. The minimum absolute atomic E-state index is 0.121. The lowest BCUT2D eigenvalue weighted by Crippen LogP contribution is -2.13. The van der Waals surface area contributed by atoms with E-state index in [0.29, 0.717) is 34.1 Å². The van der Waals surface area contributed by atoms with Crippen molar-refractivity contribution in [3.63, 3.8) is 0 Å². The van der Waals surface area contributed by atoms with Gasteiger partial charge in [-0.3, -0.25) is 4.79 Å². The van der Waals surface area contributed by atoms with Gasteiger partial charge in [0.05, 0.1) is 25.7 Å². The van der Waals surface area contributed by atoms with E-state index in [1.54, 1.807) is 37.9 Å². The number of carbonyl (C=O) groups excluding carboxylic acids is 1. The van der Waals surface area contributed by atoms with Gasteiger partial charge in [-0.15, -0.1) is 23.1 Å². The van der Waals surface area contributed by atoms with E-state index in [2.05, 4.69) is 20.4 Å². The minimum Gasteiger partial charge on any atom is -0.493 e. The molecule has 2 heterocycles. The number of ether oxygens (including phenoxy) is 2. The number of thiazole rings is 1. The summed E-state index contributed by atoms with van der Waals surface area (Å²) in [6.45, 7) is 0. The zero-order valence-electron chi connectivity index (χ0n) is 14.1. The van der Waals surface area contributed by atoms with Gasteiger partial charge in [-0.05, 0) is 18.2 Å². The van der Waals surface area contributed by atoms with Crippen molar-refractivity contribution in [2.45, 2.75) is 5.75 Å². The second-order valence-corrected chi connectivity index (χ2v) is 6.84. The van der Waals surface area contributed by atoms with Crippen LogP contribution in [0.3, 0.4) is 0 Å². The number of benzene rings is 1. The summed E-state index contributed by atoms with van der Waals surface area (Å²) in [4.78, 5) is 20.2. The average molecular weight is 392 g/mol. The number of nitrogens with one attached hydrogen (secondary N) is 1. The SMILES string of the molecule is COc1ccc(-c2noc(CSCC(=O)Nc3nccs3)n2)cc1OC. The smallest absolute Gasteiger partial charge is 0.236 e. The molecule has 1 amide bonds. The number of nitrogens with zero attached hydrogens (tertiary/aromatic N) is 3. The molecule has 10 heteroatoms. The van der Waals surface area contributed by atoms with E-state index in [1.807, 2.05) is 6.07 Å². The molecule has 0 saturated carbocycles. The summed E-state index contributed by atoms with van der Waals surface area (Å²) in [5.74, 6) is 2.70. The van der Waals surface area contributed by atoms with Crippen LogP contribution in [0.5, 0.6) is 11.5 Å². The maximum atomic E-state index is 11.8. The highest BCUT2D eigenvalue weighted by molar-refractivity contribution is 7.99. The van der Waals surface area contributed by atoms with E-state index in [1.165, 1.54) is 23.1 Å². The van der Waals surface area contributed by atoms with Crippen LogP contribution >= 0.6 is 23.1 Å². The molecule has 0 saturated heterocycles. The van der Waals surface area contributed by atoms with E-state index in [0.717, 1.165) is 5.56 Å². The first-order chi connectivity index (χ1) is 12.7. The van der Waals surface area contributed by atoms with Gasteiger partial charge in [-0.25, -0.2) is 4.98 Å². The Labute approximate surface area is 157 Å². The zero-order chi connectivity index (χ0) is 18.4. The number of aromatic nitrogens is 3. The molecule has 26 heavy (non-hydrogen) atoms. The predicted molar refractivity (Wildman–Crippen MR) is 99.7 cm³/mol. The maximum Gasteiger partial charge on any atom is 0.236 e. The van der Waals surface area contributed by atoms with E-state index < -0.39 is 0 Å². The van der Waals surface area contributed by atoms with E-state index in [4.69, 9.17) is 14.0 Å². The van der Waals surface area contributed by atoms with Gasteiger partial charge in [0, 0.05) is 17.1 Å². The van der Waals surface area contributed by atoms with Gasteiger partial charge >= 0.3 is 0 Å². The molecule has 136 valence electrons. The molecule has 2 aromatic heterocycles. The third-order valence-corrected chi connectivity index (χ3v) is 4.85. The van der Waals surface area contributed by atoms with Crippen molar-refractivity contribution in [1.29, 1.82) is 0 Å². The van der Waals surface area contributed by atoms with E-state index >= 15 is 0 Å². The quantitative estimate of drug-likeness (QED) is 0.624. The monoisotopic (exact) mass is 392 g/mol. The molecule has 0 unspecified atom stereocenters. The first-order valence-electron chi connectivity index (χ1n) is 7.51. The molecule has 8 nitrogen and oxygen atoms in total. The molecule has 3 rings (SSSR count). The molecule has 0 radical (unpaired) electrons. The zero-order valence-corrected chi connectivity index (χ0v) is 15.7. The maximum absolute atomic E-state index is 11.8. The fourth-order valence-electron chi connectivity index (χ4n) is 2.08. The minimum atomic E-state index is -0.121. The molecule has 0 aliphatic heterocycles. The Hall–Kier alpha value is -2.59. The summed E-state index contributed by atoms with van der Waals surface area (Å²) in [6, 6.07) is 5.38. The normalized spacial score (nSPS) is 10.5. The number of hydrogen-bond acceptors (Lipinski definition) is 9. The van der Waals surface area contributed by atoms with Crippen molar-refractivity contribution < 1.29 is 18.8 Å². The third kappa shape index (κ3) is 4.52. The van der Waals surface area contributed by atoms with Crippen molar-refractivity contribution in [3.05, 3.63) is 35.7 Å². The van der Waals surface area contributed by atoms with Gasteiger partial charge in [0.1, 0.15) is 0 Å². The van der Waals surface area contributed by atoms with Crippen LogP contribution in [0.1, 0.15) is 5.89 Å². The Bertz CT molecular complexity index is 867. The van der Waals surface area contributed by atoms with Crippen molar-refractivity contribution in [1.82, 2.24) is 15.1 Å². The molecule has 0 bridgehead atoms. The lowest BCUT2D eigenvalue weighted by Gasteiger charge is -2.07. The Kier molecular flexibility index (Phi) is 6.08. The largest absolute Gasteiger partial charge is 0.493 e. The Balaban J connectivity index is 1.55. The molecular formula is C16H16N4O4S2. The molecule has 1 N–H and O–H groups in total. The van der Waals surface area contributed by atoms with Gasteiger partial charge in [-0.2, -0.15) is 4.98 Å². The molecule has 0 fully saturated rings. The van der Waals surface area contributed by atoms with Gasteiger partial charge < -0.3 is 19.3 Å². The number of rotatable bonds is 8. The van der Waals surface area contributed by atoms with E-state index in [9.17, 15) is 4.79 Å². The van der Waals surface area contributed by atoms with Crippen LogP contribution in [-0.4, -0.2) is 41.0 Å². The summed E-state index contributed by atoms with van der Waals surface area (Å²) < 4.78 is 15.7. The molecule has 0 aliphatic rings. The molecule has 0 aliphatic carbocycles. The highest BCUT2D eigenvalue weighted by atomic mass is 32.2. The van der Waals surface area contributed by atoms with Crippen LogP contribution in [0.15, 0.2) is 34.3 Å². The summed E-state index contributed by atoms with van der Waals surface area (Å²) in [6.07, 6.45) is 1.64. The van der Waals surface area contributed by atoms with Crippen LogP contribution in [0.4, 0.5) is 5.13 Å². The molecule has 0 spiro atoms. The van der Waals surface area contributed by atoms with Crippen molar-refractivity contribution in [2.24, 2.45) is 0 Å². The van der Waals surface area contributed by atoms with Gasteiger partial charge in [0.15, 0.2) is 16.6 Å². The Morgan fingerprint density at radius 1 is 1.31 bits per heavy atom. The number of amides is 1. The fourth-order valence-corrected chi connectivity index (χ4v) is 3.27. The Morgan fingerprint density at radius 3 is 2.88 bits per heavy atom. The van der Waals surface area contributed by atoms with Crippen molar-refractivity contribution in [2.75, 3.05) is 25.3 Å². The molecule has 3 aromatic rings. The number of thioether (sulfide) groups is 1. The van der Waals surface area contributed by atoms with Crippen LogP contribution in [0.2, 0.25) is 0 Å². The fraction of sp³-hybridized carbons (Fsp3) is 0.250. The lowest BCUT2D eigenvalue weighted by molar-refractivity contribution is -0.113. The summed E-state index contributed by atoms with van der Waals surface area (Å²) in [7, 11) is 3.14. The predicted octanol–water partition coefficient (Wildman–Crippen LogP) is 3.08. The second kappa shape index (κ2) is 8.68. The van der Waals surface area contributed by atoms with Crippen LogP contribution in [0.25, 0.3) is 11.4 Å². The van der Waals surface area contributed by atoms with Gasteiger partial charge in [0.25, 0.3) is 0 Å². The standard InChI is InChI=1S/C16H16N4O4S2/c1-22-11-4-3-10(7-12(11)23-2)15-19-14(24-20-15)9-25-8-13(21)18-16-17-5-6-26-16/h3-7H,8-9H2,1-2H3,(H,17,18,21). The lowest BCUT2D eigenvalue weighted by atomic mass is 10.2. The Morgan fingerprint density at radius 2 is 2.15 bits per heavy atom. The average Bonchev–Trinajstić information content (AvgIpc) is 3.33. The highest BCUT2D eigenvalue weighted by Gasteiger charge is 2.13. The van der Waals surface area contributed by atoms with E-state index in [-0.39, 0.29) is 11.7 Å². The number of carbonyl (C=O) groups is 1. The number of hydrogen-bond donors (Lipinski definition) is 1. The molecular weight excluding hydrogens is 376 g/mol. The summed E-state index contributed by atoms with van der Waals surface area (Å²) in [5.41, 5.74) is 0.754. The summed E-state index contributed by atoms with van der Waals surface area (Å²) >= 11 is 2.76. The van der Waals surface area contributed by atoms with Gasteiger partial charge in [-0.1, -0.05) is 5.16 Å². The van der Waals surface area contributed by atoms with Crippen LogP contribution < -0.4 is 14.8 Å². The first kappa shape index (κ1) is 18.2. The van der Waals surface area contributed by atoms with Crippen molar-refractivity contribution >= 4 is 34.1 Å². The number of methoxy groups -OCH3 is 2. The van der Waals surface area contributed by atoms with Crippen LogP contribution in [-0.2, 0) is 10.5 Å². The first-order valence-corrected chi connectivity index (χ1v) is 9.55.